The summed E-state index contributed by atoms with van der Waals surface area (Å²) >= 11 is 0. The summed E-state index contributed by atoms with van der Waals surface area (Å²) in [4.78, 5) is 11.4. The van der Waals surface area contributed by atoms with E-state index in [1.807, 2.05) is 73.1 Å². The van der Waals surface area contributed by atoms with Crippen LogP contribution in [0.2, 0.25) is 0 Å². The average Bonchev–Trinajstić information content (AvgIpc) is 3.00. The minimum absolute atomic E-state index is 0.382. The Morgan fingerprint density at radius 1 is 1.04 bits per heavy atom. The van der Waals surface area contributed by atoms with Crippen molar-refractivity contribution in [3.05, 3.63) is 65.9 Å². The maximum absolute atomic E-state index is 11.4. The quantitative estimate of drug-likeness (QED) is 0.474. The van der Waals surface area contributed by atoms with Gasteiger partial charge >= 0.3 is 0 Å². The molecule has 2 aromatic carbocycles. The van der Waals surface area contributed by atoms with Crippen molar-refractivity contribution >= 4 is 17.2 Å². The number of para-hydroxylation sites is 1. The Hall–Kier alpha value is -2.43. The van der Waals surface area contributed by atoms with E-state index >= 15 is 0 Å². The highest BCUT2D eigenvalue weighted by Crippen LogP contribution is 2.26. The van der Waals surface area contributed by atoms with Crippen LogP contribution in [0.25, 0.3) is 16.6 Å². The zero-order valence-corrected chi connectivity index (χ0v) is 13.9. The molecule has 4 heteroatoms. The van der Waals surface area contributed by atoms with E-state index in [4.69, 9.17) is 9.47 Å². The Kier molecular flexibility index (Phi) is 5.08. The van der Waals surface area contributed by atoms with Gasteiger partial charge in [0.15, 0.2) is 12.6 Å². The molecule has 0 saturated heterocycles. The van der Waals surface area contributed by atoms with E-state index in [9.17, 15) is 4.79 Å². The minimum Gasteiger partial charge on any atom is -0.349 e. The molecule has 0 aliphatic rings. The molecule has 0 spiro atoms. The summed E-state index contributed by atoms with van der Waals surface area (Å²) in [5.41, 5.74) is 3.62. The molecule has 0 fully saturated rings. The lowest BCUT2D eigenvalue weighted by molar-refractivity contribution is -0.140. The number of aromatic nitrogens is 1. The SMILES string of the molecule is CCOC(OCC)c1cccc(-n2cc(C=O)c3ccccc32)c1. The van der Waals surface area contributed by atoms with Crippen LogP contribution in [0.5, 0.6) is 0 Å². The maximum atomic E-state index is 11.4. The third-order valence-electron chi connectivity index (χ3n) is 3.93. The first-order chi connectivity index (χ1) is 11.8. The first-order valence-electron chi connectivity index (χ1n) is 8.17. The minimum atomic E-state index is -0.382. The number of aldehydes is 1. The molecule has 24 heavy (non-hydrogen) atoms. The van der Waals surface area contributed by atoms with E-state index in [0.717, 1.165) is 28.4 Å². The molecule has 4 nitrogen and oxygen atoms in total. The fourth-order valence-corrected chi connectivity index (χ4v) is 2.88. The van der Waals surface area contributed by atoms with Crippen molar-refractivity contribution in [2.45, 2.75) is 20.1 Å². The summed E-state index contributed by atoms with van der Waals surface area (Å²) in [5, 5.41) is 0.948. The van der Waals surface area contributed by atoms with Gasteiger partial charge in [-0.3, -0.25) is 4.79 Å². The zero-order valence-electron chi connectivity index (χ0n) is 13.9. The molecule has 0 atom stereocenters. The van der Waals surface area contributed by atoms with Crippen LogP contribution in [0.1, 0.15) is 36.1 Å². The van der Waals surface area contributed by atoms with Gasteiger partial charge in [0.1, 0.15) is 0 Å². The van der Waals surface area contributed by atoms with Crippen LogP contribution >= 0.6 is 0 Å². The van der Waals surface area contributed by atoms with Crippen LogP contribution < -0.4 is 0 Å². The number of ether oxygens (including phenoxy) is 2. The molecule has 3 rings (SSSR count). The molecule has 3 aromatic rings. The molecule has 0 aliphatic carbocycles. The number of benzene rings is 2. The van der Waals surface area contributed by atoms with Gasteiger partial charge in [-0.1, -0.05) is 30.3 Å². The predicted octanol–water partition coefficient (Wildman–Crippen LogP) is 4.51. The first kappa shape index (κ1) is 16.4. The topological polar surface area (TPSA) is 40.5 Å². The Balaban J connectivity index is 2.07. The Bertz CT molecular complexity index is 832. The molecule has 0 bridgehead atoms. The van der Waals surface area contributed by atoms with Gasteiger partial charge in [0.25, 0.3) is 0 Å². The molecule has 1 heterocycles. The normalized spacial score (nSPS) is 11.3. The van der Waals surface area contributed by atoms with E-state index in [-0.39, 0.29) is 6.29 Å². The number of hydrogen-bond acceptors (Lipinski definition) is 3. The summed E-state index contributed by atoms with van der Waals surface area (Å²) in [6.07, 6.45) is 2.38. The van der Waals surface area contributed by atoms with Crippen LogP contribution in [0.3, 0.4) is 0 Å². The highest BCUT2D eigenvalue weighted by molar-refractivity contribution is 5.98. The lowest BCUT2D eigenvalue weighted by atomic mass is 10.2. The number of carbonyl (C=O) groups is 1. The van der Waals surface area contributed by atoms with E-state index in [1.54, 1.807) is 0 Å². The van der Waals surface area contributed by atoms with Gasteiger partial charge in [-0.2, -0.15) is 0 Å². The third kappa shape index (κ3) is 3.11. The van der Waals surface area contributed by atoms with Gasteiger partial charge in [-0.15, -0.1) is 0 Å². The van der Waals surface area contributed by atoms with Crippen molar-refractivity contribution in [1.29, 1.82) is 0 Å². The van der Waals surface area contributed by atoms with Crippen molar-refractivity contribution < 1.29 is 14.3 Å². The number of nitrogens with zero attached hydrogens (tertiary/aromatic N) is 1. The van der Waals surface area contributed by atoms with E-state index < -0.39 is 0 Å². The number of carbonyl (C=O) groups excluding carboxylic acids is 1. The molecule has 0 saturated carbocycles. The van der Waals surface area contributed by atoms with Crippen LogP contribution in [0.15, 0.2) is 54.7 Å². The van der Waals surface area contributed by atoms with Gasteiger partial charge in [-0.25, -0.2) is 0 Å². The molecule has 124 valence electrons. The van der Waals surface area contributed by atoms with Crippen molar-refractivity contribution in [3.8, 4) is 5.69 Å². The first-order valence-corrected chi connectivity index (χ1v) is 8.17. The van der Waals surface area contributed by atoms with E-state index in [2.05, 4.69) is 0 Å². The smallest absolute Gasteiger partial charge is 0.183 e. The second kappa shape index (κ2) is 7.43. The number of hydrogen-bond donors (Lipinski definition) is 0. The van der Waals surface area contributed by atoms with Crippen molar-refractivity contribution in [1.82, 2.24) is 4.57 Å². The summed E-state index contributed by atoms with van der Waals surface area (Å²) in [6.45, 7) is 5.06. The lowest BCUT2D eigenvalue weighted by Gasteiger charge is -2.18. The number of fused-ring (bicyclic) bond motifs is 1. The van der Waals surface area contributed by atoms with Crippen molar-refractivity contribution in [2.24, 2.45) is 0 Å². The van der Waals surface area contributed by atoms with Crippen LogP contribution in [0.4, 0.5) is 0 Å². The van der Waals surface area contributed by atoms with Crippen molar-refractivity contribution in [3.63, 3.8) is 0 Å². The predicted molar refractivity (Wildman–Crippen MR) is 94.7 cm³/mol. The molecular formula is C20H21NO3. The average molecular weight is 323 g/mol. The fraction of sp³-hybridized carbons (Fsp3) is 0.250. The zero-order chi connectivity index (χ0) is 16.9. The molecule has 0 unspecified atom stereocenters. The van der Waals surface area contributed by atoms with Gasteiger partial charge in [0.05, 0.1) is 5.52 Å². The Morgan fingerprint density at radius 3 is 2.50 bits per heavy atom. The van der Waals surface area contributed by atoms with E-state index in [0.29, 0.717) is 18.8 Å². The van der Waals surface area contributed by atoms with Crippen LogP contribution in [-0.2, 0) is 9.47 Å². The van der Waals surface area contributed by atoms with Gasteiger partial charge in [0.2, 0.25) is 0 Å². The molecule has 0 amide bonds. The number of rotatable bonds is 7. The fourth-order valence-electron chi connectivity index (χ4n) is 2.88. The van der Waals surface area contributed by atoms with Crippen molar-refractivity contribution in [2.75, 3.05) is 13.2 Å². The highest BCUT2D eigenvalue weighted by atomic mass is 16.7. The van der Waals surface area contributed by atoms with Gasteiger partial charge in [0, 0.05) is 41.6 Å². The standard InChI is InChI=1S/C20H21NO3/c1-3-23-20(24-4-2)15-8-7-9-17(12-15)21-13-16(14-22)18-10-5-6-11-19(18)21/h5-14,20H,3-4H2,1-2H3. The highest BCUT2D eigenvalue weighted by Gasteiger charge is 2.14. The second-order valence-electron chi connectivity index (χ2n) is 5.43. The third-order valence-corrected chi connectivity index (χ3v) is 3.93. The summed E-state index contributed by atoms with van der Waals surface area (Å²) < 4.78 is 13.4. The maximum Gasteiger partial charge on any atom is 0.183 e. The monoisotopic (exact) mass is 323 g/mol. The van der Waals surface area contributed by atoms with Crippen LogP contribution in [0, 0.1) is 0 Å². The summed E-state index contributed by atoms with van der Waals surface area (Å²) in [6, 6.07) is 15.9. The Labute approximate surface area is 141 Å². The van der Waals surface area contributed by atoms with Gasteiger partial charge < -0.3 is 14.0 Å². The van der Waals surface area contributed by atoms with Gasteiger partial charge in [-0.05, 0) is 32.0 Å². The second-order valence-corrected chi connectivity index (χ2v) is 5.43. The lowest BCUT2D eigenvalue weighted by Crippen LogP contribution is -2.09. The summed E-state index contributed by atoms with van der Waals surface area (Å²) in [5.74, 6) is 0. The summed E-state index contributed by atoms with van der Waals surface area (Å²) in [7, 11) is 0. The molecular weight excluding hydrogens is 302 g/mol. The Morgan fingerprint density at radius 2 is 1.79 bits per heavy atom. The molecule has 1 aromatic heterocycles. The largest absolute Gasteiger partial charge is 0.349 e. The molecule has 0 N–H and O–H groups in total. The van der Waals surface area contributed by atoms with E-state index in [1.165, 1.54) is 0 Å². The van der Waals surface area contributed by atoms with Crippen LogP contribution in [-0.4, -0.2) is 24.1 Å². The molecule has 0 radical (unpaired) electrons. The molecule has 0 aliphatic heterocycles.